The Morgan fingerprint density at radius 2 is 1.95 bits per heavy atom. The summed E-state index contributed by atoms with van der Waals surface area (Å²) in [6.07, 6.45) is 2.86. The van der Waals surface area contributed by atoms with Crippen molar-refractivity contribution in [2.24, 2.45) is 0 Å². The number of hydrogen-bond donors (Lipinski definition) is 1. The molecule has 20 heavy (non-hydrogen) atoms. The van der Waals surface area contributed by atoms with E-state index >= 15 is 0 Å². The van der Waals surface area contributed by atoms with Gasteiger partial charge in [0.05, 0.1) is 6.54 Å². The molecule has 0 aliphatic rings. The van der Waals surface area contributed by atoms with Crippen LogP contribution in [-0.2, 0) is 16.6 Å². The van der Waals surface area contributed by atoms with Crippen molar-refractivity contribution in [3.63, 3.8) is 0 Å². The molecular formula is C14H26N2O3S. The van der Waals surface area contributed by atoms with E-state index < -0.39 is 10.0 Å². The van der Waals surface area contributed by atoms with Crippen molar-refractivity contribution in [2.45, 2.75) is 51.7 Å². The third-order valence-corrected chi connectivity index (χ3v) is 4.92. The number of sulfonamides is 1. The molecule has 0 spiro atoms. The Morgan fingerprint density at radius 3 is 2.55 bits per heavy atom. The highest BCUT2D eigenvalue weighted by Gasteiger charge is 2.25. The predicted octanol–water partition coefficient (Wildman–Crippen LogP) is 2.59. The minimum atomic E-state index is -3.49. The molecule has 116 valence electrons. The maximum Gasteiger partial charge on any atom is 0.276 e. The minimum Gasteiger partial charge on any atom is -0.447 e. The van der Waals surface area contributed by atoms with E-state index in [9.17, 15) is 8.42 Å². The maximum absolute atomic E-state index is 12.4. The summed E-state index contributed by atoms with van der Waals surface area (Å²) >= 11 is 0. The van der Waals surface area contributed by atoms with Crippen molar-refractivity contribution in [2.75, 3.05) is 19.6 Å². The normalized spacial score (nSPS) is 12.2. The molecule has 0 saturated carbocycles. The summed E-state index contributed by atoms with van der Waals surface area (Å²) in [5.41, 5.74) is 0. The van der Waals surface area contributed by atoms with E-state index in [1.165, 1.54) is 4.31 Å². The Morgan fingerprint density at radius 1 is 1.20 bits per heavy atom. The van der Waals surface area contributed by atoms with Gasteiger partial charge in [0, 0.05) is 13.1 Å². The Kier molecular flexibility index (Phi) is 7.26. The molecule has 1 N–H and O–H groups in total. The van der Waals surface area contributed by atoms with E-state index in [0.29, 0.717) is 25.4 Å². The fraction of sp³-hybridized carbons (Fsp3) is 0.714. The Balaban J connectivity index is 2.75. The summed E-state index contributed by atoms with van der Waals surface area (Å²) in [5.74, 6) is 0.656. The fourth-order valence-corrected chi connectivity index (χ4v) is 3.31. The van der Waals surface area contributed by atoms with Gasteiger partial charge in [0.1, 0.15) is 5.76 Å². The lowest BCUT2D eigenvalue weighted by Gasteiger charge is -2.18. The predicted molar refractivity (Wildman–Crippen MR) is 80.0 cm³/mol. The third-order valence-electron chi connectivity index (χ3n) is 3.07. The molecule has 1 aromatic heterocycles. The summed E-state index contributed by atoms with van der Waals surface area (Å²) in [6.45, 7) is 8.43. The molecule has 5 nitrogen and oxygen atoms in total. The lowest BCUT2D eigenvalue weighted by atomic mass is 10.3. The second-order valence-corrected chi connectivity index (χ2v) is 6.62. The van der Waals surface area contributed by atoms with Gasteiger partial charge in [-0.25, -0.2) is 8.42 Å². The van der Waals surface area contributed by atoms with Crippen molar-refractivity contribution in [3.05, 3.63) is 17.9 Å². The summed E-state index contributed by atoms with van der Waals surface area (Å²) in [6, 6.07) is 3.27. The van der Waals surface area contributed by atoms with Crippen LogP contribution < -0.4 is 5.32 Å². The molecule has 0 saturated heterocycles. The van der Waals surface area contributed by atoms with E-state index in [0.717, 1.165) is 25.8 Å². The Bertz CT molecular complexity index is 482. The van der Waals surface area contributed by atoms with Gasteiger partial charge in [-0.3, -0.25) is 0 Å². The monoisotopic (exact) mass is 302 g/mol. The van der Waals surface area contributed by atoms with Gasteiger partial charge in [-0.2, -0.15) is 4.31 Å². The zero-order chi connectivity index (χ0) is 15.0. The van der Waals surface area contributed by atoms with Crippen LogP contribution >= 0.6 is 0 Å². The summed E-state index contributed by atoms with van der Waals surface area (Å²) in [4.78, 5) is 0. The van der Waals surface area contributed by atoms with Crippen LogP contribution in [0.5, 0.6) is 0 Å². The van der Waals surface area contributed by atoms with Crippen LogP contribution in [0.2, 0.25) is 0 Å². The van der Waals surface area contributed by atoms with Gasteiger partial charge in [0.15, 0.2) is 0 Å². The van der Waals surface area contributed by atoms with E-state index in [1.807, 2.05) is 13.8 Å². The summed E-state index contributed by atoms with van der Waals surface area (Å²) in [5, 5.41) is 3.24. The molecule has 1 aromatic rings. The highest BCUT2D eigenvalue weighted by molar-refractivity contribution is 7.89. The number of furan rings is 1. The standard InChI is InChI=1S/C14H26N2O3S/c1-4-7-11-16(6-3)20(17,18)14-9-8-13(19-14)12-15-10-5-2/h8-9,15H,4-7,10-12H2,1-3H3. The first-order valence-corrected chi connectivity index (χ1v) is 8.79. The van der Waals surface area contributed by atoms with E-state index in [4.69, 9.17) is 4.42 Å². The quantitative estimate of drug-likeness (QED) is 0.675. The highest BCUT2D eigenvalue weighted by Crippen LogP contribution is 2.19. The van der Waals surface area contributed by atoms with Gasteiger partial charge in [0.25, 0.3) is 10.0 Å². The van der Waals surface area contributed by atoms with Gasteiger partial charge in [-0.05, 0) is 31.5 Å². The first-order chi connectivity index (χ1) is 9.56. The van der Waals surface area contributed by atoms with Gasteiger partial charge in [0.2, 0.25) is 5.09 Å². The van der Waals surface area contributed by atoms with Gasteiger partial charge in [-0.1, -0.05) is 27.2 Å². The first-order valence-electron chi connectivity index (χ1n) is 7.35. The lowest BCUT2D eigenvalue weighted by molar-refractivity contribution is 0.366. The second kappa shape index (κ2) is 8.44. The average Bonchev–Trinajstić information content (AvgIpc) is 2.89. The Hall–Kier alpha value is -0.850. The molecule has 0 radical (unpaired) electrons. The largest absolute Gasteiger partial charge is 0.447 e. The van der Waals surface area contributed by atoms with Crippen LogP contribution in [0.3, 0.4) is 0 Å². The number of nitrogens with one attached hydrogen (secondary N) is 1. The van der Waals surface area contributed by atoms with Crippen LogP contribution in [-0.4, -0.2) is 32.4 Å². The molecule has 0 aliphatic carbocycles. The van der Waals surface area contributed by atoms with E-state index in [2.05, 4.69) is 12.2 Å². The number of hydrogen-bond acceptors (Lipinski definition) is 4. The molecule has 0 unspecified atom stereocenters. The van der Waals surface area contributed by atoms with Crippen LogP contribution in [0.4, 0.5) is 0 Å². The molecule has 0 atom stereocenters. The molecule has 0 aromatic carbocycles. The van der Waals surface area contributed by atoms with Crippen molar-refractivity contribution in [3.8, 4) is 0 Å². The number of unbranched alkanes of at least 4 members (excludes halogenated alkanes) is 1. The fourth-order valence-electron chi connectivity index (χ4n) is 1.89. The maximum atomic E-state index is 12.4. The molecule has 1 rings (SSSR count). The van der Waals surface area contributed by atoms with E-state index in [1.54, 1.807) is 12.1 Å². The molecule has 6 heteroatoms. The van der Waals surface area contributed by atoms with Crippen LogP contribution in [0.15, 0.2) is 21.6 Å². The lowest BCUT2D eigenvalue weighted by Crippen LogP contribution is -2.31. The zero-order valence-electron chi connectivity index (χ0n) is 12.7. The molecule has 0 amide bonds. The van der Waals surface area contributed by atoms with Crippen molar-refractivity contribution >= 4 is 10.0 Å². The average molecular weight is 302 g/mol. The molecule has 0 fully saturated rings. The molecular weight excluding hydrogens is 276 g/mol. The van der Waals surface area contributed by atoms with Crippen molar-refractivity contribution in [1.29, 1.82) is 0 Å². The number of nitrogens with zero attached hydrogens (tertiary/aromatic N) is 1. The van der Waals surface area contributed by atoms with Crippen LogP contribution in [0, 0.1) is 0 Å². The summed E-state index contributed by atoms with van der Waals surface area (Å²) < 4.78 is 31.8. The summed E-state index contributed by atoms with van der Waals surface area (Å²) in [7, 11) is -3.49. The Labute approximate surface area is 122 Å². The molecule has 0 aliphatic heterocycles. The van der Waals surface area contributed by atoms with Gasteiger partial charge < -0.3 is 9.73 Å². The SMILES string of the molecule is CCCCN(CC)S(=O)(=O)c1ccc(CNCCC)o1. The topological polar surface area (TPSA) is 62.6 Å². The van der Waals surface area contributed by atoms with Gasteiger partial charge in [-0.15, -0.1) is 0 Å². The van der Waals surface area contributed by atoms with Crippen molar-refractivity contribution in [1.82, 2.24) is 9.62 Å². The van der Waals surface area contributed by atoms with E-state index in [-0.39, 0.29) is 5.09 Å². The van der Waals surface area contributed by atoms with Crippen LogP contribution in [0.25, 0.3) is 0 Å². The van der Waals surface area contributed by atoms with Crippen molar-refractivity contribution < 1.29 is 12.8 Å². The smallest absolute Gasteiger partial charge is 0.276 e. The third kappa shape index (κ3) is 4.61. The molecule has 0 bridgehead atoms. The first kappa shape index (κ1) is 17.2. The van der Waals surface area contributed by atoms with Gasteiger partial charge >= 0.3 is 0 Å². The van der Waals surface area contributed by atoms with Crippen LogP contribution in [0.1, 0.15) is 45.8 Å². The molecule has 1 heterocycles. The number of rotatable bonds is 10. The minimum absolute atomic E-state index is 0.0451. The second-order valence-electron chi connectivity index (χ2n) is 4.75. The highest BCUT2D eigenvalue weighted by atomic mass is 32.2. The zero-order valence-corrected chi connectivity index (χ0v) is 13.5.